The summed E-state index contributed by atoms with van der Waals surface area (Å²) in [6.45, 7) is 4.05. The molecular formula is C15H21ClN2O3. The van der Waals surface area contributed by atoms with Crippen LogP contribution in [0, 0.1) is 15.5 Å². The van der Waals surface area contributed by atoms with Gasteiger partial charge in [-0.25, -0.2) is 0 Å². The molecule has 6 heteroatoms. The zero-order chi connectivity index (χ0) is 15.9. The molecule has 5 nitrogen and oxygen atoms in total. The number of nitrogens with one attached hydrogen (secondary N) is 1. The average Bonchev–Trinajstić information content (AvgIpc) is 2.47. The first-order chi connectivity index (χ1) is 9.99. The lowest BCUT2D eigenvalue weighted by molar-refractivity contribution is -0.384. The van der Waals surface area contributed by atoms with E-state index in [0.717, 1.165) is 25.7 Å². The van der Waals surface area contributed by atoms with Crippen LogP contribution in [-0.2, 0) is 4.79 Å². The van der Waals surface area contributed by atoms with Crippen molar-refractivity contribution in [3.8, 4) is 0 Å². The molecule has 1 amide bonds. The molecule has 1 aromatic rings. The third kappa shape index (κ3) is 4.43. The Balaban J connectivity index is 2.87. The normalized spacial score (nSPS) is 11.2. The minimum Gasteiger partial charge on any atom is -0.326 e. The Labute approximate surface area is 129 Å². The van der Waals surface area contributed by atoms with Crippen molar-refractivity contribution in [2.24, 2.45) is 5.41 Å². The lowest BCUT2D eigenvalue weighted by atomic mass is 9.80. The molecule has 0 bridgehead atoms. The fourth-order valence-electron chi connectivity index (χ4n) is 2.43. The smallest absolute Gasteiger partial charge is 0.269 e. The van der Waals surface area contributed by atoms with E-state index in [1.807, 2.05) is 13.8 Å². The van der Waals surface area contributed by atoms with Gasteiger partial charge in [0.15, 0.2) is 0 Å². The van der Waals surface area contributed by atoms with Crippen molar-refractivity contribution in [2.45, 2.75) is 39.5 Å². The number of rotatable bonds is 8. The van der Waals surface area contributed by atoms with Gasteiger partial charge in [0.25, 0.3) is 5.69 Å². The Kier molecular flexibility index (Phi) is 6.62. The van der Waals surface area contributed by atoms with Crippen LogP contribution in [-0.4, -0.2) is 16.7 Å². The van der Waals surface area contributed by atoms with Gasteiger partial charge >= 0.3 is 0 Å². The highest BCUT2D eigenvalue weighted by Gasteiger charge is 2.35. The Hall–Kier alpha value is -1.62. The highest BCUT2D eigenvalue weighted by Crippen LogP contribution is 2.33. The van der Waals surface area contributed by atoms with Crippen molar-refractivity contribution in [1.82, 2.24) is 0 Å². The van der Waals surface area contributed by atoms with Crippen LogP contribution in [0.2, 0.25) is 0 Å². The zero-order valence-electron chi connectivity index (χ0n) is 12.4. The monoisotopic (exact) mass is 312 g/mol. The summed E-state index contributed by atoms with van der Waals surface area (Å²) in [6.07, 6.45) is 3.20. The van der Waals surface area contributed by atoms with Crippen LogP contribution < -0.4 is 5.32 Å². The Morgan fingerprint density at radius 1 is 1.24 bits per heavy atom. The second-order valence-electron chi connectivity index (χ2n) is 5.17. The third-order valence-corrected chi connectivity index (χ3v) is 4.04. The van der Waals surface area contributed by atoms with Crippen LogP contribution >= 0.6 is 11.6 Å². The van der Waals surface area contributed by atoms with Gasteiger partial charge in [0.1, 0.15) is 0 Å². The molecule has 0 saturated heterocycles. The third-order valence-electron chi connectivity index (χ3n) is 3.53. The van der Waals surface area contributed by atoms with Crippen LogP contribution in [0.4, 0.5) is 11.4 Å². The molecule has 1 rings (SSSR count). The van der Waals surface area contributed by atoms with E-state index in [1.54, 1.807) is 0 Å². The van der Waals surface area contributed by atoms with E-state index in [9.17, 15) is 14.9 Å². The number of nitro benzene ring substituents is 1. The number of alkyl halides is 1. The molecule has 0 saturated carbocycles. The number of halogens is 1. The number of carbonyl (C=O) groups excluding carboxylic acids is 1. The van der Waals surface area contributed by atoms with Crippen LogP contribution in [0.3, 0.4) is 0 Å². The summed E-state index contributed by atoms with van der Waals surface area (Å²) in [5.74, 6) is 0.156. The molecule has 0 aromatic heterocycles. The number of nitrogens with zero attached hydrogens (tertiary/aromatic N) is 1. The van der Waals surface area contributed by atoms with Gasteiger partial charge in [0.2, 0.25) is 5.91 Å². The Bertz CT molecular complexity index is 482. The predicted octanol–water partition coefficient (Wildman–Crippen LogP) is 4.36. The van der Waals surface area contributed by atoms with E-state index in [-0.39, 0.29) is 17.5 Å². The fraction of sp³-hybridized carbons (Fsp3) is 0.533. The minimum atomic E-state index is -0.577. The van der Waals surface area contributed by atoms with Crippen molar-refractivity contribution >= 4 is 28.9 Å². The number of hydrogen-bond donors (Lipinski definition) is 1. The maximum Gasteiger partial charge on any atom is 0.269 e. The second-order valence-corrected chi connectivity index (χ2v) is 5.44. The van der Waals surface area contributed by atoms with Crippen LogP contribution in [0.25, 0.3) is 0 Å². The average molecular weight is 313 g/mol. The summed E-state index contributed by atoms with van der Waals surface area (Å²) in [6, 6.07) is 5.81. The van der Waals surface area contributed by atoms with E-state index < -0.39 is 10.3 Å². The topological polar surface area (TPSA) is 72.2 Å². The summed E-state index contributed by atoms with van der Waals surface area (Å²) in [4.78, 5) is 22.7. The molecule has 0 atom stereocenters. The van der Waals surface area contributed by atoms with Gasteiger partial charge in [-0.15, -0.1) is 11.6 Å². The molecule has 0 radical (unpaired) electrons. The first-order valence-electron chi connectivity index (χ1n) is 7.11. The predicted molar refractivity (Wildman–Crippen MR) is 84.7 cm³/mol. The Morgan fingerprint density at radius 3 is 2.14 bits per heavy atom. The van der Waals surface area contributed by atoms with E-state index in [0.29, 0.717) is 5.69 Å². The molecule has 0 aliphatic carbocycles. The van der Waals surface area contributed by atoms with Crippen LogP contribution in [0.1, 0.15) is 39.5 Å². The zero-order valence-corrected chi connectivity index (χ0v) is 13.2. The van der Waals surface area contributed by atoms with E-state index in [1.165, 1.54) is 24.3 Å². The number of hydrogen-bond acceptors (Lipinski definition) is 3. The summed E-state index contributed by atoms with van der Waals surface area (Å²) < 4.78 is 0. The number of nitro groups is 1. The van der Waals surface area contributed by atoms with Crippen LogP contribution in [0.15, 0.2) is 24.3 Å². The first-order valence-corrected chi connectivity index (χ1v) is 7.64. The number of non-ortho nitro benzene ring substituents is 1. The van der Waals surface area contributed by atoms with Crippen LogP contribution in [0.5, 0.6) is 0 Å². The van der Waals surface area contributed by atoms with Gasteiger partial charge in [-0.1, -0.05) is 26.7 Å². The molecule has 116 valence electrons. The maximum atomic E-state index is 12.5. The van der Waals surface area contributed by atoms with Gasteiger partial charge in [0.05, 0.1) is 10.3 Å². The second kappa shape index (κ2) is 7.98. The number of amides is 1. The summed E-state index contributed by atoms with van der Waals surface area (Å²) in [5, 5.41) is 13.4. The van der Waals surface area contributed by atoms with Crippen molar-refractivity contribution < 1.29 is 9.72 Å². The quantitative estimate of drug-likeness (QED) is 0.440. The molecule has 0 aliphatic rings. The highest BCUT2D eigenvalue weighted by molar-refractivity contribution is 6.20. The van der Waals surface area contributed by atoms with E-state index in [2.05, 4.69) is 5.32 Å². The standard InChI is InChI=1S/C15H21ClN2O3/c1-3-9-15(11-16,10-4-2)14(19)17-12-5-7-13(8-6-12)18(20)21/h5-8H,3-4,9-11H2,1-2H3,(H,17,19). The number of carbonyl (C=O) groups is 1. The molecule has 1 aromatic carbocycles. The lowest BCUT2D eigenvalue weighted by Crippen LogP contribution is -2.38. The van der Waals surface area contributed by atoms with Gasteiger partial charge in [-0.2, -0.15) is 0 Å². The lowest BCUT2D eigenvalue weighted by Gasteiger charge is -2.29. The maximum absolute atomic E-state index is 12.5. The number of anilines is 1. The molecule has 0 unspecified atom stereocenters. The first kappa shape index (κ1) is 17.4. The van der Waals surface area contributed by atoms with Gasteiger partial charge < -0.3 is 5.32 Å². The van der Waals surface area contributed by atoms with Gasteiger partial charge in [-0.3, -0.25) is 14.9 Å². The minimum absolute atomic E-state index is 0.00118. The Morgan fingerprint density at radius 2 is 1.76 bits per heavy atom. The van der Waals surface area contributed by atoms with Crippen molar-refractivity contribution in [2.75, 3.05) is 11.2 Å². The highest BCUT2D eigenvalue weighted by atomic mass is 35.5. The molecule has 0 spiro atoms. The number of benzene rings is 1. The molecule has 1 N–H and O–H groups in total. The van der Waals surface area contributed by atoms with E-state index in [4.69, 9.17) is 11.6 Å². The molecule has 21 heavy (non-hydrogen) atoms. The summed E-state index contributed by atoms with van der Waals surface area (Å²) >= 11 is 6.06. The molecular weight excluding hydrogens is 292 g/mol. The molecule has 0 fully saturated rings. The SMILES string of the molecule is CCCC(CCl)(CCC)C(=O)Nc1ccc([N+](=O)[O-])cc1. The van der Waals surface area contributed by atoms with Gasteiger partial charge in [0, 0.05) is 23.7 Å². The molecule has 0 aliphatic heterocycles. The van der Waals surface area contributed by atoms with E-state index >= 15 is 0 Å². The van der Waals surface area contributed by atoms with Crippen molar-refractivity contribution in [3.63, 3.8) is 0 Å². The largest absolute Gasteiger partial charge is 0.326 e. The fourth-order valence-corrected chi connectivity index (χ4v) is 2.82. The van der Waals surface area contributed by atoms with Crippen molar-refractivity contribution in [3.05, 3.63) is 34.4 Å². The molecule has 0 heterocycles. The summed E-state index contributed by atoms with van der Waals surface area (Å²) in [5.41, 5.74) is -0.0293. The summed E-state index contributed by atoms with van der Waals surface area (Å²) in [7, 11) is 0. The van der Waals surface area contributed by atoms with Gasteiger partial charge in [-0.05, 0) is 25.0 Å². The van der Waals surface area contributed by atoms with Crippen molar-refractivity contribution in [1.29, 1.82) is 0 Å².